The van der Waals surface area contributed by atoms with Gasteiger partial charge in [0.1, 0.15) is 0 Å². The number of likely N-dealkylation sites (tertiary alicyclic amines) is 1. The van der Waals surface area contributed by atoms with Gasteiger partial charge in [-0.25, -0.2) is 0 Å². The summed E-state index contributed by atoms with van der Waals surface area (Å²) < 4.78 is 0. The molecule has 0 radical (unpaired) electrons. The van der Waals surface area contributed by atoms with Gasteiger partial charge in [-0.05, 0) is 20.4 Å². The molecule has 1 aliphatic rings. The summed E-state index contributed by atoms with van der Waals surface area (Å²) in [4.78, 5) is 2.17. The van der Waals surface area contributed by atoms with Crippen LogP contribution in [0.15, 0.2) is 0 Å². The molecule has 0 bridgehead atoms. The van der Waals surface area contributed by atoms with E-state index in [1.165, 1.54) is 0 Å². The number of rotatable bonds is 0. The zero-order valence-corrected chi connectivity index (χ0v) is 9.46. The fourth-order valence-corrected chi connectivity index (χ4v) is 1.16. The third-order valence-corrected chi connectivity index (χ3v) is 1.86. The summed E-state index contributed by atoms with van der Waals surface area (Å²) in [6, 6.07) is 0.574. The van der Waals surface area contributed by atoms with Gasteiger partial charge in [0, 0.05) is 12.6 Å². The van der Waals surface area contributed by atoms with Crippen molar-refractivity contribution in [2.24, 2.45) is 0 Å². The lowest BCUT2D eigenvalue weighted by atomic mass is 10.2. The number of hydrogen-bond donors (Lipinski definition) is 1. The molecule has 1 saturated heterocycles. The summed E-state index contributed by atoms with van der Waals surface area (Å²) >= 11 is 0. The van der Waals surface area contributed by atoms with Crippen molar-refractivity contribution in [3.63, 3.8) is 0 Å². The molecule has 1 heterocycles. The molecule has 2 atom stereocenters. The second-order valence-electron chi connectivity index (χ2n) is 2.68. The van der Waals surface area contributed by atoms with Crippen molar-refractivity contribution in [3.8, 4) is 0 Å². The normalized spacial score (nSPS) is 28.2. The van der Waals surface area contributed by atoms with Gasteiger partial charge in [0.2, 0.25) is 0 Å². The average Bonchev–Trinajstić information content (AvgIpc) is 2.37. The van der Waals surface area contributed by atoms with E-state index in [1.54, 1.807) is 0 Å². The minimum absolute atomic E-state index is 0.0741. The third-order valence-electron chi connectivity index (χ3n) is 1.86. The number of β-amino-alcohol motifs (C(OH)–C–C–N with tert-alkyl or cyclic N) is 1. The van der Waals surface area contributed by atoms with E-state index >= 15 is 0 Å². The Labute approximate surface area is 77.6 Å². The molecule has 0 aromatic heterocycles. The second-order valence-corrected chi connectivity index (χ2v) is 2.68. The zero-order valence-electron chi connectivity index (χ0n) is 9.46. The van der Waals surface area contributed by atoms with Crippen LogP contribution < -0.4 is 0 Å². The molecule has 0 aliphatic carbocycles. The quantitative estimate of drug-likeness (QED) is 0.609. The highest BCUT2D eigenvalue weighted by molar-refractivity contribution is 4.78. The van der Waals surface area contributed by atoms with Gasteiger partial charge in [0.25, 0.3) is 0 Å². The molecule has 2 unspecified atom stereocenters. The van der Waals surface area contributed by atoms with Gasteiger partial charge in [0.15, 0.2) is 0 Å². The highest BCUT2D eigenvalue weighted by Crippen LogP contribution is 2.13. The summed E-state index contributed by atoms with van der Waals surface area (Å²) in [5, 5.41) is 9.03. The molecule has 0 aromatic rings. The van der Waals surface area contributed by atoms with Crippen LogP contribution in [0, 0.1) is 0 Å². The van der Waals surface area contributed by atoms with Gasteiger partial charge in [-0.1, -0.05) is 27.7 Å². The van der Waals surface area contributed by atoms with Gasteiger partial charge in [0.05, 0.1) is 6.10 Å². The van der Waals surface area contributed by atoms with Gasteiger partial charge in [-0.2, -0.15) is 0 Å². The highest BCUT2D eigenvalue weighted by atomic mass is 16.3. The van der Waals surface area contributed by atoms with E-state index in [2.05, 4.69) is 11.8 Å². The summed E-state index contributed by atoms with van der Waals surface area (Å²) in [6.45, 7) is 11.0. The standard InChI is InChI=1S/C6H13NO.2C2H6/c1-5-3-6(8)4-7(5)2;2*1-2/h5-6,8H,3-4H2,1-2H3;2*1-2H3. The Morgan fingerprint density at radius 2 is 1.58 bits per heavy atom. The van der Waals surface area contributed by atoms with Crippen LogP contribution in [0.2, 0.25) is 0 Å². The SMILES string of the molecule is CC.CC.CC1CC(O)CN1C. The maximum absolute atomic E-state index is 9.03. The zero-order chi connectivity index (χ0) is 10.1. The number of hydrogen-bond acceptors (Lipinski definition) is 2. The first-order valence-corrected chi connectivity index (χ1v) is 5.08. The van der Waals surface area contributed by atoms with Crippen LogP contribution in [0.4, 0.5) is 0 Å². The molecule has 1 aliphatic heterocycles. The predicted octanol–water partition coefficient (Wildman–Crippen LogP) is 2.12. The lowest BCUT2D eigenvalue weighted by molar-refractivity contribution is 0.182. The molecular weight excluding hydrogens is 150 g/mol. The fourth-order valence-electron chi connectivity index (χ4n) is 1.16. The van der Waals surface area contributed by atoms with Gasteiger partial charge >= 0.3 is 0 Å². The first-order valence-electron chi connectivity index (χ1n) is 5.08. The van der Waals surface area contributed by atoms with Crippen LogP contribution in [0.1, 0.15) is 41.0 Å². The van der Waals surface area contributed by atoms with Gasteiger partial charge in [-0.3, -0.25) is 0 Å². The lowest BCUT2D eigenvalue weighted by Crippen LogP contribution is -2.21. The van der Waals surface area contributed by atoms with Crippen LogP contribution in [-0.2, 0) is 0 Å². The maximum Gasteiger partial charge on any atom is 0.0681 e. The summed E-state index contributed by atoms with van der Waals surface area (Å²) in [7, 11) is 2.04. The highest BCUT2D eigenvalue weighted by Gasteiger charge is 2.23. The molecule has 2 heteroatoms. The van der Waals surface area contributed by atoms with E-state index in [0.29, 0.717) is 6.04 Å². The van der Waals surface area contributed by atoms with Crippen molar-refractivity contribution in [2.45, 2.75) is 53.2 Å². The van der Waals surface area contributed by atoms with E-state index in [9.17, 15) is 0 Å². The minimum Gasteiger partial charge on any atom is -0.392 e. The molecule has 1 N–H and O–H groups in total. The summed E-state index contributed by atoms with van der Waals surface area (Å²) in [5.41, 5.74) is 0. The Balaban J connectivity index is 0. The monoisotopic (exact) mass is 175 g/mol. The van der Waals surface area contributed by atoms with E-state index in [-0.39, 0.29) is 6.10 Å². The van der Waals surface area contributed by atoms with Crippen LogP contribution in [0.3, 0.4) is 0 Å². The Morgan fingerprint density at radius 1 is 1.17 bits per heavy atom. The molecule has 2 nitrogen and oxygen atoms in total. The van der Waals surface area contributed by atoms with Gasteiger partial charge in [-0.15, -0.1) is 0 Å². The number of likely N-dealkylation sites (N-methyl/N-ethyl adjacent to an activating group) is 1. The van der Waals surface area contributed by atoms with Gasteiger partial charge < -0.3 is 10.0 Å². The van der Waals surface area contributed by atoms with Crippen molar-refractivity contribution in [2.75, 3.05) is 13.6 Å². The molecule has 1 rings (SSSR count). The van der Waals surface area contributed by atoms with Crippen LogP contribution in [0.5, 0.6) is 0 Å². The maximum atomic E-state index is 9.03. The Morgan fingerprint density at radius 3 is 1.67 bits per heavy atom. The van der Waals surface area contributed by atoms with Crippen LogP contribution in [-0.4, -0.2) is 35.7 Å². The molecule has 76 valence electrons. The lowest BCUT2D eigenvalue weighted by Gasteiger charge is -2.11. The van der Waals surface area contributed by atoms with E-state index < -0.39 is 0 Å². The molecule has 0 aromatic carbocycles. The molecule has 1 fully saturated rings. The van der Waals surface area contributed by atoms with Crippen molar-refractivity contribution < 1.29 is 5.11 Å². The number of nitrogens with zero attached hydrogens (tertiary/aromatic N) is 1. The topological polar surface area (TPSA) is 23.5 Å². The van der Waals surface area contributed by atoms with Crippen molar-refractivity contribution in [3.05, 3.63) is 0 Å². The molecule has 0 saturated carbocycles. The molecule has 0 amide bonds. The largest absolute Gasteiger partial charge is 0.392 e. The van der Waals surface area contributed by atoms with Crippen molar-refractivity contribution in [1.82, 2.24) is 4.90 Å². The summed E-state index contributed by atoms with van der Waals surface area (Å²) in [6.07, 6.45) is 0.867. The van der Waals surface area contributed by atoms with Crippen LogP contribution in [0.25, 0.3) is 0 Å². The molecule has 0 spiro atoms. The molecule has 12 heavy (non-hydrogen) atoms. The first-order chi connectivity index (χ1) is 5.70. The van der Waals surface area contributed by atoms with E-state index in [0.717, 1.165) is 13.0 Å². The Bertz CT molecular complexity index is 75.9. The van der Waals surface area contributed by atoms with E-state index in [1.807, 2.05) is 34.7 Å². The van der Waals surface area contributed by atoms with Crippen molar-refractivity contribution in [1.29, 1.82) is 0 Å². The average molecular weight is 175 g/mol. The number of aliphatic hydroxyl groups is 1. The van der Waals surface area contributed by atoms with E-state index in [4.69, 9.17) is 5.11 Å². The summed E-state index contributed by atoms with van der Waals surface area (Å²) in [5.74, 6) is 0. The predicted molar refractivity (Wildman–Crippen MR) is 55.4 cm³/mol. The molecular formula is C10H25NO. The minimum atomic E-state index is -0.0741. The Kier molecular flexibility index (Phi) is 10.8. The third kappa shape index (κ3) is 5.56. The fraction of sp³-hybridized carbons (Fsp3) is 1.00. The second kappa shape index (κ2) is 9.01. The first kappa shape index (κ1) is 14.4. The Hall–Kier alpha value is -0.0800. The smallest absolute Gasteiger partial charge is 0.0681 e. The van der Waals surface area contributed by atoms with Crippen LogP contribution >= 0.6 is 0 Å². The van der Waals surface area contributed by atoms with Crippen molar-refractivity contribution >= 4 is 0 Å². The number of aliphatic hydroxyl groups excluding tert-OH is 1.